The van der Waals surface area contributed by atoms with Gasteiger partial charge in [0, 0.05) is 6.07 Å². The molecule has 1 N–H and O–H groups in total. The van der Waals surface area contributed by atoms with Crippen molar-refractivity contribution in [2.24, 2.45) is 0 Å². The van der Waals surface area contributed by atoms with E-state index in [0.717, 1.165) is 12.0 Å². The van der Waals surface area contributed by atoms with E-state index in [1.165, 1.54) is 5.56 Å². The van der Waals surface area contributed by atoms with Crippen molar-refractivity contribution in [1.82, 2.24) is 9.78 Å². The summed E-state index contributed by atoms with van der Waals surface area (Å²) < 4.78 is 7.46. The standard InChI is InChI=1S/C21H23N3O2/c1-3-14-26-19-7-5-4-6-18(19)21(25)23-20-12-13-22-24(20)15-17-10-8-16(2)9-11-17/h4-13H,3,14-15H2,1-2H3,(H,23,25). The summed E-state index contributed by atoms with van der Waals surface area (Å²) in [5.74, 6) is 1.04. The number of benzene rings is 2. The average molecular weight is 349 g/mol. The number of carbonyl (C=O) groups excluding carboxylic acids is 1. The molecule has 0 spiro atoms. The summed E-state index contributed by atoms with van der Waals surface area (Å²) in [6.45, 7) is 5.26. The van der Waals surface area contributed by atoms with Gasteiger partial charge in [-0.15, -0.1) is 0 Å². The summed E-state index contributed by atoms with van der Waals surface area (Å²) in [5.41, 5.74) is 2.86. The number of aromatic nitrogens is 2. The van der Waals surface area contributed by atoms with E-state index in [1.54, 1.807) is 23.0 Å². The average Bonchev–Trinajstić information content (AvgIpc) is 3.08. The van der Waals surface area contributed by atoms with Crippen LogP contribution in [0.5, 0.6) is 5.75 Å². The lowest BCUT2D eigenvalue weighted by atomic mass is 10.1. The number of para-hydroxylation sites is 1. The summed E-state index contributed by atoms with van der Waals surface area (Å²) in [6.07, 6.45) is 2.57. The van der Waals surface area contributed by atoms with Crippen molar-refractivity contribution in [3.05, 3.63) is 77.5 Å². The number of anilines is 1. The molecule has 1 aromatic heterocycles. The van der Waals surface area contributed by atoms with Gasteiger partial charge in [-0.1, -0.05) is 48.9 Å². The van der Waals surface area contributed by atoms with Gasteiger partial charge in [0.15, 0.2) is 0 Å². The van der Waals surface area contributed by atoms with Crippen LogP contribution in [0.4, 0.5) is 5.82 Å². The smallest absolute Gasteiger partial charge is 0.260 e. The van der Waals surface area contributed by atoms with Gasteiger partial charge >= 0.3 is 0 Å². The first-order valence-corrected chi connectivity index (χ1v) is 8.78. The number of hydrogen-bond donors (Lipinski definition) is 1. The lowest BCUT2D eigenvalue weighted by Gasteiger charge is -2.12. The van der Waals surface area contributed by atoms with E-state index >= 15 is 0 Å². The zero-order chi connectivity index (χ0) is 18.4. The second-order valence-electron chi connectivity index (χ2n) is 6.16. The van der Waals surface area contributed by atoms with E-state index in [1.807, 2.05) is 25.1 Å². The molecule has 1 heterocycles. The molecule has 0 fully saturated rings. The Hall–Kier alpha value is -3.08. The molecule has 0 aliphatic heterocycles. The van der Waals surface area contributed by atoms with Crippen LogP contribution in [0.2, 0.25) is 0 Å². The first-order valence-electron chi connectivity index (χ1n) is 8.78. The first-order chi connectivity index (χ1) is 12.7. The van der Waals surface area contributed by atoms with Gasteiger partial charge in [-0.3, -0.25) is 4.79 Å². The molecule has 5 nitrogen and oxygen atoms in total. The van der Waals surface area contributed by atoms with Crippen molar-refractivity contribution in [1.29, 1.82) is 0 Å². The summed E-state index contributed by atoms with van der Waals surface area (Å²) >= 11 is 0. The van der Waals surface area contributed by atoms with Crippen molar-refractivity contribution in [3.8, 4) is 5.75 Å². The third kappa shape index (κ3) is 4.30. The van der Waals surface area contributed by atoms with E-state index < -0.39 is 0 Å². The minimum absolute atomic E-state index is 0.206. The maximum Gasteiger partial charge on any atom is 0.260 e. The summed E-state index contributed by atoms with van der Waals surface area (Å²) in [7, 11) is 0. The monoisotopic (exact) mass is 349 g/mol. The number of hydrogen-bond acceptors (Lipinski definition) is 3. The first kappa shape index (κ1) is 17.7. The third-order valence-electron chi connectivity index (χ3n) is 4.00. The maximum atomic E-state index is 12.7. The summed E-state index contributed by atoms with van der Waals surface area (Å²) in [6, 6.07) is 17.3. The number of ether oxygens (including phenoxy) is 1. The third-order valence-corrected chi connectivity index (χ3v) is 4.00. The van der Waals surface area contributed by atoms with Gasteiger partial charge in [0.1, 0.15) is 11.6 Å². The molecule has 0 bridgehead atoms. The van der Waals surface area contributed by atoms with Gasteiger partial charge in [-0.25, -0.2) is 4.68 Å². The van der Waals surface area contributed by atoms with Crippen LogP contribution in [0.3, 0.4) is 0 Å². The fourth-order valence-electron chi connectivity index (χ4n) is 2.61. The Balaban J connectivity index is 1.75. The topological polar surface area (TPSA) is 56.1 Å². The lowest BCUT2D eigenvalue weighted by molar-refractivity contribution is 0.102. The molecular formula is C21H23N3O2. The molecule has 5 heteroatoms. The predicted octanol–water partition coefficient (Wildman–Crippen LogP) is 4.28. The Kier molecular flexibility index (Phi) is 5.69. The molecule has 0 saturated heterocycles. The van der Waals surface area contributed by atoms with Crippen molar-refractivity contribution in [3.63, 3.8) is 0 Å². The van der Waals surface area contributed by atoms with Crippen LogP contribution in [0.15, 0.2) is 60.8 Å². The Morgan fingerprint density at radius 3 is 2.65 bits per heavy atom. The molecule has 0 saturated carbocycles. The molecule has 0 atom stereocenters. The number of nitrogens with zero attached hydrogens (tertiary/aromatic N) is 2. The Labute approximate surface area is 153 Å². The zero-order valence-corrected chi connectivity index (χ0v) is 15.1. The molecule has 0 aliphatic carbocycles. The van der Waals surface area contributed by atoms with Gasteiger partial charge in [0.05, 0.1) is 24.9 Å². The van der Waals surface area contributed by atoms with Crippen molar-refractivity contribution in [2.45, 2.75) is 26.8 Å². The molecular weight excluding hydrogens is 326 g/mol. The molecule has 26 heavy (non-hydrogen) atoms. The van der Waals surface area contributed by atoms with Gasteiger partial charge < -0.3 is 10.1 Å². The number of rotatable bonds is 7. The Morgan fingerprint density at radius 2 is 1.88 bits per heavy atom. The minimum atomic E-state index is -0.206. The van der Waals surface area contributed by atoms with E-state index in [9.17, 15) is 4.79 Å². The molecule has 2 aromatic carbocycles. The van der Waals surface area contributed by atoms with E-state index in [4.69, 9.17) is 4.74 Å². The van der Waals surface area contributed by atoms with Crippen LogP contribution in [-0.2, 0) is 6.54 Å². The normalized spacial score (nSPS) is 10.5. The van der Waals surface area contributed by atoms with Crippen LogP contribution in [0.1, 0.15) is 34.8 Å². The SMILES string of the molecule is CCCOc1ccccc1C(=O)Nc1ccnn1Cc1ccc(C)cc1. The van der Waals surface area contributed by atoms with Crippen molar-refractivity contribution in [2.75, 3.05) is 11.9 Å². The van der Waals surface area contributed by atoms with Crippen LogP contribution >= 0.6 is 0 Å². The second kappa shape index (κ2) is 8.34. The molecule has 0 aliphatic rings. The van der Waals surface area contributed by atoms with Crippen molar-refractivity contribution >= 4 is 11.7 Å². The Bertz CT molecular complexity index is 869. The van der Waals surface area contributed by atoms with Crippen molar-refractivity contribution < 1.29 is 9.53 Å². The van der Waals surface area contributed by atoms with E-state index in [2.05, 4.69) is 41.6 Å². The quantitative estimate of drug-likeness (QED) is 0.692. The highest BCUT2D eigenvalue weighted by molar-refractivity contribution is 6.05. The van der Waals surface area contributed by atoms with Crippen LogP contribution in [-0.4, -0.2) is 22.3 Å². The molecule has 0 radical (unpaired) electrons. The van der Waals surface area contributed by atoms with Crippen LogP contribution < -0.4 is 10.1 Å². The lowest BCUT2D eigenvalue weighted by Crippen LogP contribution is -2.17. The van der Waals surface area contributed by atoms with Gasteiger partial charge in [-0.05, 0) is 31.0 Å². The van der Waals surface area contributed by atoms with Gasteiger partial charge in [0.2, 0.25) is 0 Å². The number of amides is 1. The van der Waals surface area contributed by atoms with E-state index in [-0.39, 0.29) is 5.91 Å². The van der Waals surface area contributed by atoms with Gasteiger partial charge in [-0.2, -0.15) is 5.10 Å². The number of carbonyl (C=O) groups is 1. The highest BCUT2D eigenvalue weighted by atomic mass is 16.5. The van der Waals surface area contributed by atoms with Gasteiger partial charge in [0.25, 0.3) is 5.91 Å². The predicted molar refractivity (Wildman–Crippen MR) is 103 cm³/mol. The maximum absolute atomic E-state index is 12.7. The molecule has 134 valence electrons. The number of nitrogens with one attached hydrogen (secondary N) is 1. The fraction of sp³-hybridized carbons (Fsp3) is 0.238. The highest BCUT2D eigenvalue weighted by Crippen LogP contribution is 2.20. The van der Waals surface area contributed by atoms with E-state index in [0.29, 0.717) is 30.3 Å². The summed E-state index contributed by atoms with van der Waals surface area (Å²) in [4.78, 5) is 12.7. The largest absolute Gasteiger partial charge is 0.493 e. The van der Waals surface area contributed by atoms with Crippen LogP contribution in [0, 0.1) is 6.92 Å². The molecule has 1 amide bonds. The minimum Gasteiger partial charge on any atom is -0.493 e. The zero-order valence-electron chi connectivity index (χ0n) is 15.1. The molecule has 0 unspecified atom stereocenters. The summed E-state index contributed by atoms with van der Waals surface area (Å²) in [5, 5.41) is 7.26. The highest BCUT2D eigenvalue weighted by Gasteiger charge is 2.14. The Morgan fingerprint density at radius 1 is 1.12 bits per heavy atom. The molecule has 3 aromatic rings. The van der Waals surface area contributed by atoms with Crippen LogP contribution in [0.25, 0.3) is 0 Å². The number of aryl methyl sites for hydroxylation is 1. The fourth-order valence-corrected chi connectivity index (χ4v) is 2.61. The second-order valence-corrected chi connectivity index (χ2v) is 6.16. The molecule has 3 rings (SSSR count).